The van der Waals surface area contributed by atoms with Crippen molar-refractivity contribution in [1.29, 1.82) is 0 Å². The molecule has 3 aromatic rings. The number of benzene rings is 1. The maximum atomic E-state index is 12.7. The summed E-state index contributed by atoms with van der Waals surface area (Å²) in [6, 6.07) is 6.94. The molecule has 24 heavy (non-hydrogen) atoms. The lowest BCUT2D eigenvalue weighted by molar-refractivity contribution is 0.0724. The van der Waals surface area contributed by atoms with E-state index in [2.05, 4.69) is 20.3 Å². The van der Waals surface area contributed by atoms with Crippen LogP contribution in [-0.2, 0) is 7.05 Å². The van der Waals surface area contributed by atoms with E-state index in [1.54, 1.807) is 36.3 Å². The van der Waals surface area contributed by atoms with Gasteiger partial charge in [-0.25, -0.2) is 4.98 Å². The van der Waals surface area contributed by atoms with Gasteiger partial charge in [-0.05, 0) is 25.0 Å². The summed E-state index contributed by atoms with van der Waals surface area (Å²) in [5, 5.41) is 8.24. The predicted molar refractivity (Wildman–Crippen MR) is 86.4 cm³/mol. The molecule has 4 rings (SSSR count). The summed E-state index contributed by atoms with van der Waals surface area (Å²) < 4.78 is 1.49. The minimum absolute atomic E-state index is 0.186. The fraction of sp³-hybridized carbons (Fsp3) is 0.312. The van der Waals surface area contributed by atoms with E-state index in [-0.39, 0.29) is 17.5 Å². The van der Waals surface area contributed by atoms with Crippen LogP contribution in [0.1, 0.15) is 35.2 Å². The summed E-state index contributed by atoms with van der Waals surface area (Å²) >= 11 is 0. The van der Waals surface area contributed by atoms with E-state index in [1.807, 2.05) is 6.07 Å². The van der Waals surface area contributed by atoms with Gasteiger partial charge in [-0.3, -0.25) is 14.3 Å². The Hall–Kier alpha value is -3.03. The van der Waals surface area contributed by atoms with Gasteiger partial charge in [0.1, 0.15) is 5.82 Å². The van der Waals surface area contributed by atoms with Crippen LogP contribution in [0.15, 0.2) is 35.3 Å². The van der Waals surface area contributed by atoms with Crippen LogP contribution in [0.4, 0.5) is 0 Å². The molecule has 1 atom stereocenters. The highest BCUT2D eigenvalue weighted by molar-refractivity contribution is 5.92. The number of fused-ring (bicyclic) bond motifs is 1. The molecule has 1 aliphatic heterocycles. The Kier molecular flexibility index (Phi) is 3.37. The Morgan fingerprint density at radius 2 is 2.17 bits per heavy atom. The molecule has 2 aromatic heterocycles. The summed E-state index contributed by atoms with van der Waals surface area (Å²) in [4.78, 5) is 34.1. The van der Waals surface area contributed by atoms with E-state index in [0.717, 1.165) is 12.8 Å². The van der Waals surface area contributed by atoms with Gasteiger partial charge in [0.2, 0.25) is 0 Å². The minimum Gasteiger partial charge on any atom is -0.327 e. The van der Waals surface area contributed by atoms with Gasteiger partial charge >= 0.3 is 0 Å². The normalized spacial score (nSPS) is 17.5. The zero-order valence-electron chi connectivity index (χ0n) is 13.1. The third kappa shape index (κ3) is 2.36. The predicted octanol–water partition coefficient (Wildman–Crippen LogP) is 1.03. The van der Waals surface area contributed by atoms with Crippen molar-refractivity contribution in [3.8, 4) is 0 Å². The van der Waals surface area contributed by atoms with Crippen molar-refractivity contribution in [1.82, 2.24) is 29.9 Å². The number of nitrogens with zero attached hydrogens (tertiary/aromatic N) is 5. The Morgan fingerprint density at radius 1 is 1.33 bits per heavy atom. The van der Waals surface area contributed by atoms with Gasteiger partial charge in [0, 0.05) is 13.6 Å². The van der Waals surface area contributed by atoms with Gasteiger partial charge in [0.05, 0.1) is 23.1 Å². The molecule has 1 saturated heterocycles. The van der Waals surface area contributed by atoms with Crippen LogP contribution in [0.25, 0.3) is 10.9 Å². The van der Waals surface area contributed by atoms with E-state index in [9.17, 15) is 9.59 Å². The molecule has 1 fully saturated rings. The summed E-state index contributed by atoms with van der Waals surface area (Å²) in [5.41, 5.74) is 0.747. The number of para-hydroxylation sites is 1. The smallest absolute Gasteiger partial charge is 0.276 e. The van der Waals surface area contributed by atoms with Crippen molar-refractivity contribution in [3.05, 3.63) is 52.3 Å². The molecule has 1 unspecified atom stereocenters. The number of nitrogens with one attached hydrogen (secondary N) is 1. The molecule has 0 bridgehead atoms. The SMILES string of the molecule is Cn1cc(C(=O)N2CCCC2c2nc3ccccc3c(=O)[nH]2)nn1. The number of H-pyrrole nitrogens is 1. The lowest BCUT2D eigenvalue weighted by Gasteiger charge is -2.23. The molecule has 0 radical (unpaired) electrons. The van der Waals surface area contributed by atoms with Crippen LogP contribution in [0.2, 0.25) is 0 Å². The van der Waals surface area contributed by atoms with Crippen LogP contribution in [0, 0.1) is 0 Å². The van der Waals surface area contributed by atoms with E-state index in [0.29, 0.717) is 29.0 Å². The molecular formula is C16H16N6O2. The topological polar surface area (TPSA) is 96.8 Å². The van der Waals surface area contributed by atoms with Crippen molar-refractivity contribution < 1.29 is 4.79 Å². The van der Waals surface area contributed by atoms with Crippen molar-refractivity contribution in [2.24, 2.45) is 7.05 Å². The quantitative estimate of drug-likeness (QED) is 0.759. The van der Waals surface area contributed by atoms with Crippen molar-refractivity contribution in [2.45, 2.75) is 18.9 Å². The number of likely N-dealkylation sites (tertiary alicyclic amines) is 1. The molecule has 122 valence electrons. The van der Waals surface area contributed by atoms with Gasteiger partial charge in [-0.15, -0.1) is 5.10 Å². The summed E-state index contributed by atoms with van der Waals surface area (Å²) in [6.07, 6.45) is 3.20. The monoisotopic (exact) mass is 324 g/mol. The highest BCUT2D eigenvalue weighted by atomic mass is 16.2. The van der Waals surface area contributed by atoms with Gasteiger partial charge in [0.15, 0.2) is 5.69 Å². The van der Waals surface area contributed by atoms with Crippen LogP contribution in [-0.4, -0.2) is 42.3 Å². The average Bonchev–Trinajstić information content (AvgIpc) is 3.23. The lowest BCUT2D eigenvalue weighted by Crippen LogP contribution is -2.32. The molecule has 1 amide bonds. The van der Waals surface area contributed by atoms with Crippen LogP contribution in [0.5, 0.6) is 0 Å². The van der Waals surface area contributed by atoms with Crippen LogP contribution >= 0.6 is 0 Å². The Labute approximate surface area is 137 Å². The second kappa shape index (κ2) is 5.55. The number of aryl methyl sites for hydroxylation is 1. The Morgan fingerprint density at radius 3 is 2.96 bits per heavy atom. The van der Waals surface area contributed by atoms with Crippen molar-refractivity contribution in [3.63, 3.8) is 0 Å². The molecule has 8 nitrogen and oxygen atoms in total. The first-order valence-corrected chi connectivity index (χ1v) is 7.80. The number of carbonyl (C=O) groups is 1. The van der Waals surface area contributed by atoms with Crippen molar-refractivity contribution >= 4 is 16.8 Å². The second-order valence-electron chi connectivity index (χ2n) is 5.90. The fourth-order valence-corrected chi connectivity index (χ4v) is 3.15. The van der Waals surface area contributed by atoms with Crippen LogP contribution in [0.3, 0.4) is 0 Å². The maximum absolute atomic E-state index is 12.7. The van der Waals surface area contributed by atoms with Crippen LogP contribution < -0.4 is 5.56 Å². The highest BCUT2D eigenvalue weighted by Gasteiger charge is 2.33. The summed E-state index contributed by atoms with van der Waals surface area (Å²) in [6.45, 7) is 0.608. The molecular weight excluding hydrogens is 308 g/mol. The molecule has 1 N–H and O–H groups in total. The summed E-state index contributed by atoms with van der Waals surface area (Å²) in [7, 11) is 1.72. The summed E-state index contributed by atoms with van der Waals surface area (Å²) in [5.74, 6) is 0.329. The zero-order chi connectivity index (χ0) is 16.7. The molecule has 0 saturated carbocycles. The van der Waals surface area contributed by atoms with E-state index in [1.165, 1.54) is 4.68 Å². The number of hydrogen-bond acceptors (Lipinski definition) is 5. The maximum Gasteiger partial charge on any atom is 0.276 e. The van der Waals surface area contributed by atoms with E-state index < -0.39 is 0 Å². The second-order valence-corrected chi connectivity index (χ2v) is 5.90. The van der Waals surface area contributed by atoms with Gasteiger partial charge in [0.25, 0.3) is 11.5 Å². The largest absolute Gasteiger partial charge is 0.327 e. The number of rotatable bonds is 2. The Balaban J connectivity index is 1.72. The molecule has 1 aromatic carbocycles. The zero-order valence-corrected chi connectivity index (χ0v) is 13.1. The number of hydrogen-bond donors (Lipinski definition) is 1. The average molecular weight is 324 g/mol. The fourth-order valence-electron chi connectivity index (χ4n) is 3.15. The molecule has 3 heterocycles. The first-order valence-electron chi connectivity index (χ1n) is 7.80. The van der Waals surface area contributed by atoms with Gasteiger partial charge < -0.3 is 9.88 Å². The highest BCUT2D eigenvalue weighted by Crippen LogP contribution is 2.31. The van der Waals surface area contributed by atoms with Crippen molar-refractivity contribution in [2.75, 3.05) is 6.54 Å². The van der Waals surface area contributed by atoms with Gasteiger partial charge in [-0.1, -0.05) is 17.3 Å². The van der Waals surface area contributed by atoms with E-state index in [4.69, 9.17) is 0 Å². The minimum atomic E-state index is -0.253. The third-order valence-corrected chi connectivity index (χ3v) is 4.28. The third-order valence-electron chi connectivity index (χ3n) is 4.28. The molecule has 1 aliphatic rings. The number of amides is 1. The Bertz CT molecular complexity index is 976. The number of carbonyl (C=O) groups excluding carboxylic acids is 1. The number of aromatic amines is 1. The molecule has 0 aliphatic carbocycles. The first-order chi connectivity index (χ1) is 11.6. The lowest BCUT2D eigenvalue weighted by atomic mass is 10.2. The first kappa shape index (κ1) is 14.6. The molecule has 0 spiro atoms. The van der Waals surface area contributed by atoms with E-state index >= 15 is 0 Å². The molecule has 8 heteroatoms. The number of aromatic nitrogens is 5. The standard InChI is InChI=1S/C16H16N6O2/c1-21-9-12(19-20-21)16(24)22-8-4-7-13(22)14-17-11-6-3-2-5-10(11)15(23)18-14/h2-3,5-6,9,13H,4,7-8H2,1H3,(H,17,18,23). The van der Waals surface area contributed by atoms with Gasteiger partial charge in [-0.2, -0.15) is 0 Å².